The third-order valence-corrected chi connectivity index (χ3v) is 6.35. The Morgan fingerprint density at radius 3 is 2.38 bits per heavy atom. The largest absolute Gasteiger partial charge is 0.478 e. The van der Waals surface area contributed by atoms with Gasteiger partial charge in [-0.15, -0.1) is 0 Å². The van der Waals surface area contributed by atoms with Crippen LogP contribution in [0, 0.1) is 17.7 Å². The van der Waals surface area contributed by atoms with Gasteiger partial charge in [-0.3, -0.25) is 0 Å². The summed E-state index contributed by atoms with van der Waals surface area (Å²) in [6.07, 6.45) is 3.18. The molecule has 0 unspecified atom stereocenters. The summed E-state index contributed by atoms with van der Waals surface area (Å²) >= 11 is 0. The van der Waals surface area contributed by atoms with Gasteiger partial charge < -0.3 is 5.11 Å². The molecular weight excluding hydrogens is 297 g/mol. The lowest BCUT2D eigenvalue weighted by atomic mass is 10.0. The van der Waals surface area contributed by atoms with Crippen LogP contribution in [-0.2, 0) is 10.0 Å². The number of hydrogen-bond acceptors (Lipinski definition) is 3. The third-order valence-electron chi connectivity index (χ3n) is 4.49. The van der Waals surface area contributed by atoms with E-state index >= 15 is 0 Å². The zero-order chi connectivity index (χ0) is 15.2. The second-order valence-electron chi connectivity index (χ2n) is 5.72. The lowest BCUT2D eigenvalue weighted by molar-refractivity contribution is 0.0696. The minimum atomic E-state index is -3.89. The van der Waals surface area contributed by atoms with E-state index in [1.807, 2.05) is 0 Å². The summed E-state index contributed by atoms with van der Waals surface area (Å²) in [6.45, 7) is 0.875. The number of aromatic carboxylic acids is 1. The van der Waals surface area contributed by atoms with Crippen LogP contribution in [0.1, 0.15) is 29.6 Å². The van der Waals surface area contributed by atoms with Gasteiger partial charge in [-0.2, -0.15) is 4.31 Å². The molecule has 1 aliphatic carbocycles. The number of halogens is 1. The smallest absolute Gasteiger partial charge is 0.335 e. The summed E-state index contributed by atoms with van der Waals surface area (Å²) in [4.78, 5) is 10.3. The number of fused-ring (bicyclic) bond motifs is 1. The minimum Gasteiger partial charge on any atom is -0.478 e. The fraction of sp³-hybridized carbons (Fsp3) is 0.500. The summed E-state index contributed by atoms with van der Waals surface area (Å²) in [5.74, 6) is -1.54. The molecule has 0 spiro atoms. The second-order valence-corrected chi connectivity index (χ2v) is 7.63. The van der Waals surface area contributed by atoms with Gasteiger partial charge in [0.25, 0.3) is 0 Å². The van der Waals surface area contributed by atoms with Crippen LogP contribution in [0.15, 0.2) is 23.1 Å². The maximum Gasteiger partial charge on any atom is 0.335 e. The normalized spacial score (nSPS) is 26.0. The monoisotopic (exact) mass is 313 g/mol. The fourth-order valence-electron chi connectivity index (χ4n) is 3.37. The van der Waals surface area contributed by atoms with Crippen molar-refractivity contribution < 1.29 is 22.7 Å². The van der Waals surface area contributed by atoms with E-state index < -0.39 is 26.7 Å². The number of sulfonamides is 1. The summed E-state index contributed by atoms with van der Waals surface area (Å²) in [7, 11) is -3.89. The minimum absolute atomic E-state index is 0.259. The van der Waals surface area contributed by atoms with E-state index in [-0.39, 0.29) is 5.56 Å². The lowest BCUT2D eigenvalue weighted by Gasteiger charge is -2.17. The Morgan fingerprint density at radius 2 is 1.86 bits per heavy atom. The molecule has 3 rings (SSSR count). The Labute approximate surface area is 122 Å². The second kappa shape index (κ2) is 5.06. The SMILES string of the molecule is O=C(O)c1ccc(S(=O)(=O)N2C[C@@H]3CCC[C@H]3C2)c(F)c1. The molecule has 114 valence electrons. The Bertz CT molecular complexity index is 676. The fourth-order valence-corrected chi connectivity index (χ4v) is 4.97. The van der Waals surface area contributed by atoms with Crippen LogP contribution in [0.5, 0.6) is 0 Å². The number of benzene rings is 1. The van der Waals surface area contributed by atoms with Gasteiger partial charge in [-0.05, 0) is 42.9 Å². The molecule has 1 aromatic rings. The quantitative estimate of drug-likeness (QED) is 0.925. The van der Waals surface area contributed by atoms with Crippen molar-refractivity contribution in [3.8, 4) is 0 Å². The Hall–Kier alpha value is -1.47. The van der Waals surface area contributed by atoms with Gasteiger partial charge in [0, 0.05) is 13.1 Å². The summed E-state index contributed by atoms with van der Waals surface area (Å²) in [5, 5.41) is 8.80. The lowest BCUT2D eigenvalue weighted by Crippen LogP contribution is -2.30. The molecule has 1 aromatic carbocycles. The van der Waals surface area contributed by atoms with Crippen LogP contribution in [0.25, 0.3) is 0 Å². The Balaban J connectivity index is 1.90. The molecule has 2 aliphatic rings. The van der Waals surface area contributed by atoms with E-state index in [4.69, 9.17) is 5.11 Å². The number of nitrogens with zero attached hydrogens (tertiary/aromatic N) is 1. The van der Waals surface area contributed by atoms with Crippen molar-refractivity contribution in [2.24, 2.45) is 11.8 Å². The van der Waals surface area contributed by atoms with Crippen LogP contribution in [-0.4, -0.2) is 36.9 Å². The van der Waals surface area contributed by atoms with Gasteiger partial charge in [0.05, 0.1) is 5.56 Å². The molecule has 7 heteroatoms. The average molecular weight is 313 g/mol. The first-order chi connectivity index (χ1) is 9.89. The molecule has 0 aromatic heterocycles. The zero-order valence-corrected chi connectivity index (χ0v) is 12.1. The van der Waals surface area contributed by atoms with Gasteiger partial charge in [0.2, 0.25) is 10.0 Å². The number of carbonyl (C=O) groups is 1. The highest BCUT2D eigenvalue weighted by molar-refractivity contribution is 7.89. The number of rotatable bonds is 3. The third kappa shape index (κ3) is 2.44. The predicted octanol–water partition coefficient (Wildman–Crippen LogP) is 1.94. The van der Waals surface area contributed by atoms with Crippen molar-refractivity contribution in [2.45, 2.75) is 24.2 Å². The molecule has 1 N–H and O–H groups in total. The molecule has 21 heavy (non-hydrogen) atoms. The van der Waals surface area contributed by atoms with E-state index in [9.17, 15) is 17.6 Å². The van der Waals surface area contributed by atoms with Crippen LogP contribution >= 0.6 is 0 Å². The molecule has 5 nitrogen and oxygen atoms in total. The highest BCUT2D eigenvalue weighted by Crippen LogP contribution is 2.40. The molecule has 1 heterocycles. The first kappa shape index (κ1) is 14.5. The molecule has 1 saturated carbocycles. The summed E-state index contributed by atoms with van der Waals surface area (Å²) in [5.41, 5.74) is -0.259. The van der Waals surface area contributed by atoms with Crippen LogP contribution in [0.4, 0.5) is 4.39 Å². The maximum absolute atomic E-state index is 14.0. The summed E-state index contributed by atoms with van der Waals surface area (Å²) in [6, 6.07) is 2.92. The van der Waals surface area contributed by atoms with Crippen LogP contribution < -0.4 is 0 Å². The molecule has 0 radical (unpaired) electrons. The van der Waals surface area contributed by atoms with Gasteiger partial charge in [-0.25, -0.2) is 17.6 Å². The number of carboxylic acids is 1. The zero-order valence-electron chi connectivity index (χ0n) is 11.3. The van der Waals surface area contributed by atoms with Crippen molar-refractivity contribution in [2.75, 3.05) is 13.1 Å². The number of carboxylic acid groups (broad SMARTS) is 1. The van der Waals surface area contributed by atoms with E-state index in [1.165, 1.54) is 4.31 Å². The van der Waals surface area contributed by atoms with E-state index in [2.05, 4.69) is 0 Å². The topological polar surface area (TPSA) is 74.7 Å². The van der Waals surface area contributed by atoms with Gasteiger partial charge in [0.1, 0.15) is 10.7 Å². The predicted molar refractivity (Wildman–Crippen MR) is 72.9 cm³/mol. The van der Waals surface area contributed by atoms with E-state index in [1.54, 1.807) is 0 Å². The average Bonchev–Trinajstić information content (AvgIpc) is 2.98. The van der Waals surface area contributed by atoms with Crippen molar-refractivity contribution in [1.82, 2.24) is 4.31 Å². The standard InChI is InChI=1S/C14H16FNO4S/c15-12-6-9(14(17)18)4-5-13(12)21(19,20)16-7-10-2-1-3-11(10)8-16/h4-6,10-11H,1-3,7-8H2,(H,17,18)/t10-,11-/m0/s1. The van der Waals surface area contributed by atoms with Crippen molar-refractivity contribution in [1.29, 1.82) is 0 Å². The maximum atomic E-state index is 14.0. The Morgan fingerprint density at radius 1 is 1.24 bits per heavy atom. The summed E-state index contributed by atoms with van der Waals surface area (Å²) < 4.78 is 40.3. The van der Waals surface area contributed by atoms with E-state index in [0.29, 0.717) is 24.9 Å². The van der Waals surface area contributed by atoms with Gasteiger partial charge in [0.15, 0.2) is 0 Å². The first-order valence-electron chi connectivity index (χ1n) is 6.92. The van der Waals surface area contributed by atoms with E-state index in [0.717, 1.165) is 37.5 Å². The Kier molecular flexibility index (Phi) is 3.49. The van der Waals surface area contributed by atoms with Crippen molar-refractivity contribution in [3.05, 3.63) is 29.6 Å². The van der Waals surface area contributed by atoms with Gasteiger partial charge in [-0.1, -0.05) is 6.42 Å². The molecule has 1 aliphatic heterocycles. The van der Waals surface area contributed by atoms with Crippen LogP contribution in [0.2, 0.25) is 0 Å². The van der Waals surface area contributed by atoms with Crippen molar-refractivity contribution >= 4 is 16.0 Å². The van der Waals surface area contributed by atoms with Crippen molar-refractivity contribution in [3.63, 3.8) is 0 Å². The molecule has 2 atom stereocenters. The molecule has 2 fully saturated rings. The van der Waals surface area contributed by atoms with Gasteiger partial charge >= 0.3 is 5.97 Å². The molecular formula is C14H16FNO4S. The molecule has 1 saturated heterocycles. The molecule has 0 bridgehead atoms. The van der Waals surface area contributed by atoms with Crippen LogP contribution in [0.3, 0.4) is 0 Å². The highest BCUT2D eigenvalue weighted by Gasteiger charge is 2.42. The number of hydrogen-bond donors (Lipinski definition) is 1. The molecule has 0 amide bonds. The highest BCUT2D eigenvalue weighted by atomic mass is 32.2. The first-order valence-corrected chi connectivity index (χ1v) is 8.36.